The number of β-lactam (4-membered cyclic amide) rings is 1. The molecule has 3 heterocycles. The van der Waals surface area contributed by atoms with E-state index in [9.17, 15) is 68.4 Å². The van der Waals surface area contributed by atoms with Gasteiger partial charge in [0.15, 0.2) is 27.5 Å². The number of carbonyl (C=O) groups excluding carboxylic acids is 1. The van der Waals surface area contributed by atoms with E-state index in [4.69, 9.17) is 14.2 Å². The second-order valence-corrected chi connectivity index (χ2v) is 17.0. The first kappa shape index (κ1) is 43.2. The van der Waals surface area contributed by atoms with Gasteiger partial charge in [0, 0.05) is 11.3 Å². The lowest BCUT2D eigenvalue weighted by Gasteiger charge is -2.47. The van der Waals surface area contributed by atoms with Gasteiger partial charge in [0.2, 0.25) is 5.91 Å². The van der Waals surface area contributed by atoms with E-state index in [0.717, 1.165) is 12.1 Å². The van der Waals surface area contributed by atoms with Crippen molar-refractivity contribution >= 4 is 27.4 Å². The highest BCUT2D eigenvalue weighted by Crippen LogP contribution is 2.47. The number of phenols is 1. The normalized spacial score (nSPS) is 31.3. The molecule has 3 saturated heterocycles. The molecule has 17 nitrogen and oxygen atoms in total. The highest BCUT2D eigenvalue weighted by atomic mass is 32.2. The summed E-state index contributed by atoms with van der Waals surface area (Å²) in [5.74, 6) is -4.68. The van der Waals surface area contributed by atoms with Crippen molar-refractivity contribution in [2.45, 2.75) is 78.6 Å². The van der Waals surface area contributed by atoms with Crippen LogP contribution in [0.15, 0.2) is 97.1 Å². The zero-order chi connectivity index (χ0) is 43.2. The summed E-state index contributed by atoms with van der Waals surface area (Å²) >= 11 is 0. The molecular weight excluding hydrogens is 814 g/mol. The van der Waals surface area contributed by atoms with Crippen LogP contribution in [0.5, 0.6) is 5.75 Å². The molecule has 0 aliphatic carbocycles. The predicted molar refractivity (Wildman–Crippen MR) is 205 cm³/mol. The van der Waals surface area contributed by atoms with Crippen LogP contribution in [0.2, 0.25) is 0 Å². The van der Waals surface area contributed by atoms with Crippen molar-refractivity contribution in [3.63, 3.8) is 0 Å². The van der Waals surface area contributed by atoms with Crippen LogP contribution in [0.1, 0.15) is 34.9 Å². The molecule has 0 aromatic heterocycles. The molecule has 3 aliphatic heterocycles. The number of anilines is 1. The number of carboxylic acid groups (broad SMARTS) is 1. The SMILES string of the molecule is O=C(O)C1O[C@@H](O[C@@H](CS(=O)(=O)[C@H]2C(=O)N(c3ccccc3)[C@@H]2c2ccc(-c3ccc(C4O[C@H](CO)[C@@H](O)[C@H](O)[C@H]4O)cc3)cc2O)c2ccc(F)cc2)C(O)[C@@H](O)[C@@H]1O. The smallest absolute Gasteiger partial charge is 0.335 e. The summed E-state index contributed by atoms with van der Waals surface area (Å²) in [6, 6.07) is 21.9. The molecule has 320 valence electrons. The lowest BCUT2D eigenvalue weighted by atomic mass is 9.89. The van der Waals surface area contributed by atoms with Gasteiger partial charge in [0.25, 0.3) is 0 Å². The minimum absolute atomic E-state index is 0.0104. The topological polar surface area (TPSA) is 281 Å². The van der Waals surface area contributed by atoms with Crippen LogP contribution < -0.4 is 4.90 Å². The Morgan fingerprint density at radius 3 is 2.03 bits per heavy atom. The number of rotatable bonds is 12. The molecule has 0 radical (unpaired) electrons. The first-order valence-electron chi connectivity index (χ1n) is 18.7. The van der Waals surface area contributed by atoms with Gasteiger partial charge in [-0.1, -0.05) is 66.7 Å². The van der Waals surface area contributed by atoms with Crippen molar-refractivity contribution in [2.75, 3.05) is 17.3 Å². The Hall–Kier alpha value is -4.90. The zero-order valence-electron chi connectivity index (χ0n) is 31.3. The van der Waals surface area contributed by atoms with Gasteiger partial charge >= 0.3 is 5.97 Å². The molecule has 1 amide bonds. The summed E-state index contributed by atoms with van der Waals surface area (Å²) < 4.78 is 59.6. The maximum absolute atomic E-state index is 14.5. The van der Waals surface area contributed by atoms with Gasteiger partial charge in [-0.05, 0) is 52.6 Å². The quantitative estimate of drug-likeness (QED) is 0.0863. The maximum atomic E-state index is 14.5. The third-order valence-electron chi connectivity index (χ3n) is 11.0. The Labute approximate surface area is 341 Å². The van der Waals surface area contributed by atoms with Gasteiger partial charge in [-0.3, -0.25) is 4.79 Å². The molecule has 4 aromatic carbocycles. The summed E-state index contributed by atoms with van der Waals surface area (Å²) in [6.45, 7) is -0.602. The monoisotopic (exact) mass is 855 g/mol. The van der Waals surface area contributed by atoms with E-state index in [1.54, 1.807) is 60.7 Å². The first-order valence-corrected chi connectivity index (χ1v) is 20.4. The van der Waals surface area contributed by atoms with Crippen molar-refractivity contribution in [3.8, 4) is 16.9 Å². The minimum atomic E-state index is -4.67. The number of carbonyl (C=O) groups is 2. The first-order chi connectivity index (χ1) is 28.5. The molecule has 9 N–H and O–H groups in total. The van der Waals surface area contributed by atoms with E-state index in [2.05, 4.69) is 0 Å². The third-order valence-corrected chi connectivity index (χ3v) is 13.0. The van der Waals surface area contributed by atoms with E-state index in [0.29, 0.717) is 22.4 Å². The number of carboxylic acids is 1. The van der Waals surface area contributed by atoms with Crippen molar-refractivity contribution < 1.29 is 82.6 Å². The Kier molecular flexibility index (Phi) is 12.4. The van der Waals surface area contributed by atoms with Crippen LogP contribution >= 0.6 is 0 Å². The largest absolute Gasteiger partial charge is 0.508 e. The Morgan fingerprint density at radius 2 is 1.42 bits per heavy atom. The number of hydrogen-bond donors (Lipinski definition) is 9. The zero-order valence-corrected chi connectivity index (χ0v) is 32.1. The number of aromatic hydroxyl groups is 1. The molecule has 4 aromatic rings. The fourth-order valence-electron chi connectivity index (χ4n) is 7.74. The van der Waals surface area contributed by atoms with Crippen LogP contribution in [0.3, 0.4) is 0 Å². The Bertz CT molecular complexity index is 2280. The fourth-order valence-corrected chi connectivity index (χ4v) is 9.72. The maximum Gasteiger partial charge on any atom is 0.335 e. The van der Waals surface area contributed by atoms with Crippen LogP contribution in [-0.2, 0) is 33.6 Å². The molecule has 0 spiro atoms. The van der Waals surface area contributed by atoms with Crippen molar-refractivity contribution in [1.82, 2.24) is 0 Å². The molecule has 7 rings (SSSR count). The number of sulfone groups is 1. The van der Waals surface area contributed by atoms with Gasteiger partial charge in [-0.25, -0.2) is 17.6 Å². The Morgan fingerprint density at radius 1 is 0.783 bits per heavy atom. The molecule has 3 aliphatic rings. The van der Waals surface area contributed by atoms with Gasteiger partial charge < -0.3 is 65.1 Å². The molecule has 19 heteroatoms. The van der Waals surface area contributed by atoms with Crippen LogP contribution in [-0.4, -0.2) is 139 Å². The van der Waals surface area contributed by atoms with E-state index < -0.39 is 119 Å². The average Bonchev–Trinajstić information content (AvgIpc) is 3.22. The van der Waals surface area contributed by atoms with Crippen LogP contribution in [0.25, 0.3) is 11.1 Å². The van der Waals surface area contributed by atoms with Gasteiger partial charge in [0.1, 0.15) is 60.4 Å². The van der Waals surface area contributed by atoms with Crippen molar-refractivity contribution in [1.29, 1.82) is 0 Å². The summed E-state index contributed by atoms with van der Waals surface area (Å²) in [4.78, 5) is 26.9. The lowest BCUT2D eigenvalue weighted by molar-refractivity contribution is -0.303. The number of para-hydroxylation sites is 1. The van der Waals surface area contributed by atoms with E-state index in [1.165, 1.54) is 29.2 Å². The van der Waals surface area contributed by atoms with Gasteiger partial charge in [-0.2, -0.15) is 0 Å². The number of benzene rings is 4. The number of halogens is 1. The number of aliphatic hydroxyl groups excluding tert-OH is 7. The number of nitrogens with zero attached hydrogens (tertiary/aromatic N) is 1. The van der Waals surface area contributed by atoms with Gasteiger partial charge in [0.05, 0.1) is 24.5 Å². The third kappa shape index (κ3) is 8.14. The lowest BCUT2D eigenvalue weighted by Crippen LogP contribution is -2.63. The second-order valence-electron chi connectivity index (χ2n) is 14.8. The van der Waals surface area contributed by atoms with Crippen LogP contribution in [0, 0.1) is 5.82 Å². The number of hydrogen-bond acceptors (Lipinski definition) is 15. The molecule has 60 heavy (non-hydrogen) atoms. The molecular formula is C41H42FNO16S. The summed E-state index contributed by atoms with van der Waals surface area (Å²) in [5, 5.41) is 90.9. The molecule has 0 bridgehead atoms. The van der Waals surface area contributed by atoms with E-state index >= 15 is 0 Å². The number of phenolic OH excluding ortho intramolecular Hbond substituents is 1. The molecule has 13 atom stereocenters. The van der Waals surface area contributed by atoms with Crippen LogP contribution in [0.4, 0.5) is 10.1 Å². The number of ether oxygens (including phenoxy) is 3. The number of amides is 1. The highest BCUT2D eigenvalue weighted by molar-refractivity contribution is 7.93. The predicted octanol–water partition coefficient (Wildman–Crippen LogP) is 0.235. The highest BCUT2D eigenvalue weighted by Gasteiger charge is 2.57. The summed E-state index contributed by atoms with van der Waals surface area (Å²) in [6.07, 6.45) is -18.8. The van der Waals surface area contributed by atoms with Gasteiger partial charge in [-0.15, -0.1) is 0 Å². The summed E-state index contributed by atoms with van der Waals surface area (Å²) in [7, 11) is -4.67. The molecule has 3 unspecified atom stereocenters. The van der Waals surface area contributed by atoms with E-state index in [1.807, 2.05) is 0 Å². The Balaban J connectivity index is 1.19. The summed E-state index contributed by atoms with van der Waals surface area (Å²) in [5.41, 5.74) is 1.78. The minimum Gasteiger partial charge on any atom is -0.508 e. The molecule has 0 saturated carbocycles. The fraction of sp³-hybridized carbons (Fsp3) is 0.366. The number of aliphatic carboxylic acids is 1. The average molecular weight is 856 g/mol. The standard InChI is InChI=1S/C41H42FNO16S/c42-23-13-10-20(11-14-23)28(58-41-35(51)32(48)34(50)37(59-41)40(53)54)18-60(55,56)38-29(43(39(38)52)24-4-2-1-3-5-24)25-15-12-22(16-26(25)45)19-6-8-21(9-7-19)36-33(49)31(47)30(46)27(17-44)57-36/h1-16,27-38,41,44-51H,17-18H2,(H,53,54)/t27-,28+,29-,30-,31+,32+,33-,34+,35?,36?,37?,38-,41-/m1/s1. The number of aliphatic hydroxyl groups is 7. The van der Waals surface area contributed by atoms with Crippen molar-refractivity contribution in [2.24, 2.45) is 0 Å². The van der Waals surface area contributed by atoms with E-state index in [-0.39, 0.29) is 16.9 Å². The van der Waals surface area contributed by atoms with Crippen molar-refractivity contribution in [3.05, 3.63) is 120 Å². The molecule has 3 fully saturated rings. The second kappa shape index (κ2) is 17.2.